The van der Waals surface area contributed by atoms with Gasteiger partial charge in [0.2, 0.25) is 0 Å². The van der Waals surface area contributed by atoms with Gasteiger partial charge < -0.3 is 0 Å². The van der Waals surface area contributed by atoms with Gasteiger partial charge in [0, 0.05) is 9.13 Å². The molecule has 0 saturated heterocycles. The number of hydrogen-bond donors (Lipinski definition) is 0. The Morgan fingerprint density at radius 3 is 2.69 bits per heavy atom. The molecule has 66 valence electrons. The summed E-state index contributed by atoms with van der Waals surface area (Å²) >= 11 is 7.33. The fourth-order valence-corrected chi connectivity index (χ4v) is 1.98. The molecule has 0 unspecified atom stereocenters. The fraction of sp³-hybridized carbons (Fsp3) is 0.111. The van der Waals surface area contributed by atoms with Gasteiger partial charge in [-0.05, 0) is 58.8 Å². The molecule has 0 heterocycles. The minimum Gasteiger partial charge on any atom is -0.276 e. The molecule has 0 amide bonds. The summed E-state index contributed by atoms with van der Waals surface area (Å²) in [5, 5.41) is 8.21. The molecule has 0 N–H and O–H groups in total. The van der Waals surface area contributed by atoms with Gasteiger partial charge in [-0.25, -0.2) is 0 Å². The van der Waals surface area contributed by atoms with Gasteiger partial charge in [-0.2, -0.15) is 5.26 Å². The van der Waals surface area contributed by atoms with Crippen molar-refractivity contribution in [3.05, 3.63) is 32.4 Å². The molecule has 0 aliphatic carbocycles. The first kappa shape index (κ1) is 10.5. The first-order valence-electron chi connectivity index (χ1n) is 3.46. The van der Waals surface area contributed by atoms with Gasteiger partial charge in [-0.3, -0.25) is 4.79 Å². The van der Waals surface area contributed by atoms with Crippen LogP contribution in [0.1, 0.15) is 21.5 Å². The summed E-state index contributed by atoms with van der Waals surface area (Å²) in [7, 11) is 0. The smallest absolute Gasteiger partial charge is 0.253 e. The summed E-state index contributed by atoms with van der Waals surface area (Å²) in [6.07, 6.45) is 0. The molecule has 1 rings (SSSR count). The summed E-state index contributed by atoms with van der Waals surface area (Å²) in [5.74, 6) is 0. The monoisotopic (exact) mass is 305 g/mol. The van der Waals surface area contributed by atoms with E-state index in [9.17, 15) is 4.79 Å². The summed E-state index contributed by atoms with van der Waals surface area (Å²) in [5.41, 5.74) is 1.80. The van der Waals surface area contributed by atoms with Crippen molar-refractivity contribution in [2.75, 3.05) is 0 Å². The van der Waals surface area contributed by atoms with E-state index in [1.807, 2.05) is 28.7 Å². The fourth-order valence-electron chi connectivity index (χ4n) is 0.953. The quantitative estimate of drug-likeness (QED) is 0.591. The SMILES string of the molecule is Cc1cc(C(=O)Cl)c(I)cc1C#N. The minimum atomic E-state index is -0.489. The van der Waals surface area contributed by atoms with Gasteiger partial charge in [-0.1, -0.05) is 0 Å². The van der Waals surface area contributed by atoms with E-state index in [-0.39, 0.29) is 0 Å². The molecule has 13 heavy (non-hydrogen) atoms. The van der Waals surface area contributed by atoms with Crippen molar-refractivity contribution in [1.29, 1.82) is 5.26 Å². The van der Waals surface area contributed by atoms with Gasteiger partial charge in [0.1, 0.15) is 0 Å². The first-order chi connectivity index (χ1) is 6.06. The van der Waals surface area contributed by atoms with Gasteiger partial charge in [0.05, 0.1) is 11.6 Å². The van der Waals surface area contributed by atoms with Crippen LogP contribution in [0, 0.1) is 21.8 Å². The topological polar surface area (TPSA) is 40.9 Å². The Morgan fingerprint density at radius 2 is 2.23 bits per heavy atom. The normalized spacial score (nSPS) is 9.38. The zero-order chi connectivity index (χ0) is 10.0. The van der Waals surface area contributed by atoms with Crippen LogP contribution in [0.2, 0.25) is 0 Å². The largest absolute Gasteiger partial charge is 0.276 e. The van der Waals surface area contributed by atoms with Crippen molar-refractivity contribution in [2.24, 2.45) is 0 Å². The lowest BCUT2D eigenvalue weighted by Gasteiger charge is -2.02. The standard InChI is InChI=1S/C9H5ClINO/c1-5-2-7(9(10)13)8(11)3-6(5)4-12/h2-3H,1H3. The van der Waals surface area contributed by atoms with Crippen LogP contribution >= 0.6 is 34.2 Å². The Labute approximate surface area is 94.6 Å². The van der Waals surface area contributed by atoms with Crippen molar-refractivity contribution >= 4 is 39.4 Å². The molecule has 1 aromatic carbocycles. The van der Waals surface area contributed by atoms with Crippen LogP contribution < -0.4 is 0 Å². The number of carbonyl (C=O) groups is 1. The minimum absolute atomic E-state index is 0.457. The van der Waals surface area contributed by atoms with E-state index in [1.54, 1.807) is 19.1 Å². The predicted molar refractivity (Wildman–Crippen MR) is 58.8 cm³/mol. The summed E-state index contributed by atoms with van der Waals surface area (Å²) in [6.45, 7) is 1.78. The maximum absolute atomic E-state index is 10.9. The summed E-state index contributed by atoms with van der Waals surface area (Å²) in [6, 6.07) is 5.34. The zero-order valence-electron chi connectivity index (χ0n) is 6.77. The highest BCUT2D eigenvalue weighted by Gasteiger charge is 2.09. The second-order valence-corrected chi connectivity index (χ2v) is 4.04. The molecule has 0 spiro atoms. The number of nitrogens with zero attached hydrogens (tertiary/aromatic N) is 1. The number of rotatable bonds is 1. The third kappa shape index (κ3) is 2.20. The second kappa shape index (κ2) is 4.07. The molecular formula is C9H5ClINO. The first-order valence-corrected chi connectivity index (χ1v) is 4.92. The number of benzene rings is 1. The molecule has 0 atom stereocenters. The maximum Gasteiger partial charge on any atom is 0.253 e. The third-order valence-corrected chi connectivity index (χ3v) is 2.74. The Kier molecular flexibility index (Phi) is 3.28. The highest BCUT2D eigenvalue weighted by atomic mass is 127. The maximum atomic E-state index is 10.9. The molecule has 0 aromatic heterocycles. The van der Waals surface area contributed by atoms with E-state index in [1.165, 1.54) is 0 Å². The van der Waals surface area contributed by atoms with E-state index in [0.717, 1.165) is 5.56 Å². The highest BCUT2D eigenvalue weighted by Crippen LogP contribution is 2.19. The second-order valence-electron chi connectivity index (χ2n) is 2.53. The lowest BCUT2D eigenvalue weighted by atomic mass is 10.1. The number of hydrogen-bond acceptors (Lipinski definition) is 2. The molecule has 0 bridgehead atoms. The molecule has 0 fully saturated rings. The van der Waals surface area contributed by atoms with Crippen LogP contribution in [0.15, 0.2) is 12.1 Å². The van der Waals surface area contributed by atoms with Crippen molar-refractivity contribution in [1.82, 2.24) is 0 Å². The van der Waals surface area contributed by atoms with Crippen LogP contribution in [-0.2, 0) is 0 Å². The van der Waals surface area contributed by atoms with E-state index < -0.39 is 5.24 Å². The average Bonchev–Trinajstić information content (AvgIpc) is 2.07. The Hall–Kier alpha value is -0.600. The number of carbonyl (C=O) groups excluding carboxylic acids is 1. The van der Waals surface area contributed by atoms with Gasteiger partial charge in [-0.15, -0.1) is 0 Å². The van der Waals surface area contributed by atoms with Crippen LogP contribution in [-0.4, -0.2) is 5.24 Å². The number of halogens is 2. The van der Waals surface area contributed by atoms with Crippen molar-refractivity contribution in [3.8, 4) is 6.07 Å². The van der Waals surface area contributed by atoms with E-state index in [0.29, 0.717) is 14.7 Å². The highest BCUT2D eigenvalue weighted by molar-refractivity contribution is 14.1. The van der Waals surface area contributed by atoms with Crippen LogP contribution in [0.25, 0.3) is 0 Å². The van der Waals surface area contributed by atoms with E-state index >= 15 is 0 Å². The number of nitriles is 1. The van der Waals surface area contributed by atoms with Gasteiger partial charge in [0.25, 0.3) is 5.24 Å². The zero-order valence-corrected chi connectivity index (χ0v) is 9.68. The van der Waals surface area contributed by atoms with Gasteiger partial charge in [0.15, 0.2) is 0 Å². The van der Waals surface area contributed by atoms with Crippen LogP contribution in [0.3, 0.4) is 0 Å². The molecule has 0 aliphatic heterocycles. The molecule has 1 aromatic rings. The third-order valence-electron chi connectivity index (χ3n) is 1.65. The predicted octanol–water partition coefficient (Wildman–Crippen LogP) is 2.85. The molecular weight excluding hydrogens is 300 g/mol. The van der Waals surface area contributed by atoms with Crippen LogP contribution in [0.5, 0.6) is 0 Å². The number of aryl methyl sites for hydroxylation is 1. The molecule has 0 saturated carbocycles. The molecule has 2 nitrogen and oxygen atoms in total. The van der Waals surface area contributed by atoms with E-state index in [2.05, 4.69) is 0 Å². The lowest BCUT2D eigenvalue weighted by molar-refractivity contribution is 0.108. The summed E-state index contributed by atoms with van der Waals surface area (Å²) < 4.78 is 0.708. The molecule has 4 heteroatoms. The lowest BCUT2D eigenvalue weighted by Crippen LogP contribution is -1.96. The van der Waals surface area contributed by atoms with Crippen molar-refractivity contribution < 1.29 is 4.79 Å². The Bertz CT molecular complexity index is 409. The Morgan fingerprint density at radius 1 is 1.62 bits per heavy atom. The average molecular weight is 306 g/mol. The van der Waals surface area contributed by atoms with E-state index in [4.69, 9.17) is 16.9 Å². The van der Waals surface area contributed by atoms with Crippen LogP contribution in [0.4, 0.5) is 0 Å². The Balaban J connectivity index is 3.39. The molecule has 0 radical (unpaired) electrons. The van der Waals surface area contributed by atoms with Crippen molar-refractivity contribution in [3.63, 3.8) is 0 Å². The summed E-state index contributed by atoms with van der Waals surface area (Å²) in [4.78, 5) is 10.9. The molecule has 0 aliphatic rings. The van der Waals surface area contributed by atoms with Gasteiger partial charge >= 0.3 is 0 Å². The van der Waals surface area contributed by atoms with Crippen molar-refractivity contribution in [2.45, 2.75) is 6.92 Å².